The number of hydrogen-bond donors (Lipinski definition) is 2. The van der Waals surface area contributed by atoms with Gasteiger partial charge in [-0.15, -0.1) is 0 Å². The second kappa shape index (κ2) is 4.77. The smallest absolute Gasteiger partial charge is 0.211 e. The van der Waals surface area contributed by atoms with Crippen LogP contribution in [0, 0.1) is 0 Å². The molecule has 0 spiro atoms. The van der Waals surface area contributed by atoms with E-state index in [-0.39, 0.29) is 30.3 Å². The summed E-state index contributed by atoms with van der Waals surface area (Å²) >= 11 is 0. The van der Waals surface area contributed by atoms with Crippen LogP contribution < -0.4 is 4.72 Å². The van der Waals surface area contributed by atoms with E-state index < -0.39 is 25.9 Å². The van der Waals surface area contributed by atoms with Crippen LogP contribution in [-0.4, -0.2) is 51.8 Å². The average molecular weight is 257 g/mol. The highest BCUT2D eigenvalue weighted by Gasteiger charge is 2.30. The summed E-state index contributed by atoms with van der Waals surface area (Å²) in [4.78, 5) is 0. The highest BCUT2D eigenvalue weighted by Crippen LogP contribution is 2.12. The molecule has 1 saturated heterocycles. The van der Waals surface area contributed by atoms with Gasteiger partial charge in [0.2, 0.25) is 10.0 Å². The van der Waals surface area contributed by atoms with E-state index in [9.17, 15) is 16.8 Å². The fourth-order valence-electron chi connectivity index (χ4n) is 1.46. The van der Waals surface area contributed by atoms with Crippen LogP contribution in [0.25, 0.3) is 0 Å². The maximum atomic E-state index is 11.3. The predicted molar refractivity (Wildman–Crippen MR) is 55.7 cm³/mol. The van der Waals surface area contributed by atoms with Crippen LogP contribution in [0.1, 0.15) is 12.8 Å². The van der Waals surface area contributed by atoms with Crippen molar-refractivity contribution in [2.75, 3.05) is 23.9 Å². The molecule has 1 rings (SSSR count). The molecule has 2 N–H and O–H groups in total. The third-order valence-corrected chi connectivity index (χ3v) is 5.44. The average Bonchev–Trinajstić information content (AvgIpc) is 2.41. The lowest BCUT2D eigenvalue weighted by Gasteiger charge is -2.10. The molecule has 0 amide bonds. The molecular weight excluding hydrogens is 242 g/mol. The summed E-state index contributed by atoms with van der Waals surface area (Å²) in [5.41, 5.74) is 0. The van der Waals surface area contributed by atoms with Gasteiger partial charge in [-0.1, -0.05) is 0 Å². The van der Waals surface area contributed by atoms with Gasteiger partial charge in [-0.05, 0) is 12.8 Å². The van der Waals surface area contributed by atoms with Crippen molar-refractivity contribution < 1.29 is 21.9 Å². The van der Waals surface area contributed by atoms with Crippen molar-refractivity contribution in [2.45, 2.75) is 18.9 Å². The summed E-state index contributed by atoms with van der Waals surface area (Å²) < 4.78 is 47.1. The lowest BCUT2D eigenvalue weighted by atomic mass is 10.3. The van der Waals surface area contributed by atoms with E-state index in [2.05, 4.69) is 4.72 Å². The molecule has 1 aliphatic rings. The third kappa shape index (κ3) is 4.45. The lowest BCUT2D eigenvalue weighted by Crippen LogP contribution is -2.37. The number of hydrogen-bond acceptors (Lipinski definition) is 5. The molecule has 1 heterocycles. The molecule has 15 heavy (non-hydrogen) atoms. The van der Waals surface area contributed by atoms with Gasteiger partial charge in [-0.2, -0.15) is 0 Å². The maximum absolute atomic E-state index is 11.3. The Morgan fingerprint density at radius 1 is 1.40 bits per heavy atom. The quantitative estimate of drug-likeness (QED) is 0.622. The highest BCUT2D eigenvalue weighted by atomic mass is 32.2. The minimum atomic E-state index is -3.45. The van der Waals surface area contributed by atoms with Crippen molar-refractivity contribution in [3.8, 4) is 0 Å². The first-order valence-corrected chi connectivity index (χ1v) is 8.13. The van der Waals surface area contributed by atoms with Gasteiger partial charge < -0.3 is 5.11 Å². The van der Waals surface area contributed by atoms with Crippen LogP contribution in [0.5, 0.6) is 0 Å². The van der Waals surface area contributed by atoms with Crippen LogP contribution in [0.2, 0.25) is 0 Å². The van der Waals surface area contributed by atoms with Gasteiger partial charge in [0.25, 0.3) is 0 Å². The zero-order chi connectivity index (χ0) is 11.5. The van der Waals surface area contributed by atoms with Crippen LogP contribution in [-0.2, 0) is 19.9 Å². The molecule has 0 aromatic carbocycles. The van der Waals surface area contributed by atoms with E-state index in [4.69, 9.17) is 5.11 Å². The zero-order valence-electron chi connectivity index (χ0n) is 8.22. The fraction of sp³-hybridized carbons (Fsp3) is 1.00. The van der Waals surface area contributed by atoms with Crippen molar-refractivity contribution in [3.63, 3.8) is 0 Å². The molecule has 0 aromatic rings. The van der Waals surface area contributed by atoms with E-state index >= 15 is 0 Å². The van der Waals surface area contributed by atoms with Crippen molar-refractivity contribution in [2.24, 2.45) is 0 Å². The first-order valence-electron chi connectivity index (χ1n) is 4.66. The number of sulfonamides is 1. The summed E-state index contributed by atoms with van der Waals surface area (Å²) in [6.45, 7) is -0.191. The predicted octanol–water partition coefficient (Wildman–Crippen LogP) is -1.52. The number of rotatable bonds is 5. The third-order valence-electron chi connectivity index (χ3n) is 2.15. The van der Waals surface area contributed by atoms with Crippen molar-refractivity contribution >= 4 is 19.9 Å². The van der Waals surface area contributed by atoms with Crippen LogP contribution in [0.4, 0.5) is 0 Å². The van der Waals surface area contributed by atoms with E-state index in [1.54, 1.807) is 0 Å². The van der Waals surface area contributed by atoms with Crippen LogP contribution in [0.3, 0.4) is 0 Å². The first kappa shape index (κ1) is 12.9. The largest absolute Gasteiger partial charge is 0.396 e. The Morgan fingerprint density at radius 2 is 2.07 bits per heavy atom. The molecule has 1 fully saturated rings. The molecule has 90 valence electrons. The molecule has 0 saturated carbocycles. The molecule has 1 aliphatic heterocycles. The van der Waals surface area contributed by atoms with Gasteiger partial charge >= 0.3 is 0 Å². The number of aliphatic hydroxyl groups excluding tert-OH is 1. The number of nitrogens with one attached hydrogen (secondary N) is 1. The number of aliphatic hydroxyl groups is 1. The Bertz CT molecular complexity index is 399. The molecule has 0 radical (unpaired) electrons. The minimum absolute atomic E-state index is 0.0419. The van der Waals surface area contributed by atoms with E-state index in [0.717, 1.165) is 0 Å². The maximum Gasteiger partial charge on any atom is 0.211 e. The van der Waals surface area contributed by atoms with Crippen molar-refractivity contribution in [3.05, 3.63) is 0 Å². The Morgan fingerprint density at radius 3 is 2.53 bits per heavy atom. The van der Waals surface area contributed by atoms with E-state index in [1.807, 2.05) is 0 Å². The molecule has 6 nitrogen and oxygen atoms in total. The molecule has 0 aromatic heterocycles. The van der Waals surface area contributed by atoms with Crippen LogP contribution in [0.15, 0.2) is 0 Å². The van der Waals surface area contributed by atoms with Gasteiger partial charge in [-0.25, -0.2) is 21.6 Å². The van der Waals surface area contributed by atoms with Crippen molar-refractivity contribution in [1.29, 1.82) is 0 Å². The Labute approximate surface area is 89.7 Å². The van der Waals surface area contributed by atoms with Gasteiger partial charge in [0.15, 0.2) is 9.84 Å². The number of sulfone groups is 1. The normalized spacial score (nSPS) is 25.5. The van der Waals surface area contributed by atoms with Crippen molar-refractivity contribution in [1.82, 2.24) is 4.72 Å². The Kier molecular flexibility index (Phi) is 4.10. The molecule has 8 heteroatoms. The van der Waals surface area contributed by atoms with Crippen LogP contribution >= 0.6 is 0 Å². The van der Waals surface area contributed by atoms with E-state index in [1.165, 1.54) is 0 Å². The Balaban J connectivity index is 2.49. The Hall–Kier alpha value is -0.180. The second-order valence-corrected chi connectivity index (χ2v) is 7.72. The second-order valence-electron chi connectivity index (χ2n) is 3.61. The molecular formula is C7H15NO5S2. The monoisotopic (exact) mass is 257 g/mol. The molecule has 0 aliphatic carbocycles. The summed E-state index contributed by atoms with van der Waals surface area (Å²) in [5.74, 6) is -0.244. The van der Waals surface area contributed by atoms with Gasteiger partial charge in [0, 0.05) is 12.6 Å². The molecule has 1 unspecified atom stereocenters. The van der Waals surface area contributed by atoms with E-state index in [0.29, 0.717) is 6.42 Å². The molecule has 0 bridgehead atoms. The molecule has 1 atom stereocenters. The lowest BCUT2D eigenvalue weighted by molar-refractivity contribution is 0.295. The fourth-order valence-corrected chi connectivity index (χ4v) is 4.57. The summed E-state index contributed by atoms with van der Waals surface area (Å²) in [5, 5.41) is 8.49. The topological polar surface area (TPSA) is 101 Å². The minimum Gasteiger partial charge on any atom is -0.396 e. The summed E-state index contributed by atoms with van der Waals surface area (Å²) in [6.07, 6.45) is 0.496. The van der Waals surface area contributed by atoms with Gasteiger partial charge in [-0.3, -0.25) is 0 Å². The highest BCUT2D eigenvalue weighted by molar-refractivity contribution is 7.92. The zero-order valence-corrected chi connectivity index (χ0v) is 9.85. The first-order chi connectivity index (χ1) is 6.85. The summed E-state index contributed by atoms with van der Waals surface area (Å²) in [7, 11) is -6.52. The standard InChI is InChI=1S/C7H15NO5S2/c9-3-1-4-15(12,13)8-7-2-5-14(10,11)6-7/h7-9H,1-6H2. The SMILES string of the molecule is O=S1(=O)CCC(NS(=O)(=O)CCCO)C1. The van der Waals surface area contributed by atoms with Gasteiger partial charge in [0.1, 0.15) is 0 Å². The van der Waals surface area contributed by atoms with Gasteiger partial charge in [0.05, 0.1) is 17.3 Å². The summed E-state index contributed by atoms with van der Waals surface area (Å²) in [6, 6.07) is -0.501.